The van der Waals surface area contributed by atoms with E-state index in [1.54, 1.807) is 6.20 Å². The molecule has 142 valence electrons. The highest BCUT2D eigenvalue weighted by Gasteiger charge is 2.16. The molecule has 8 nitrogen and oxygen atoms in total. The standard InChI is InChI=1S/C16H14FN5O3S.ClH/c17-4-10(5-18)7-22-16(23)21(8-20-22)15-19-6-14(26-15)11-1-2-12-13(3-11)25-9-24-12;/h1-4,6,8H,5,7,9,18H2;1H/b10-4-;. The second-order valence-electron chi connectivity index (χ2n) is 5.49. The lowest BCUT2D eigenvalue weighted by Gasteiger charge is -2.00. The van der Waals surface area contributed by atoms with Gasteiger partial charge in [-0.3, -0.25) is 0 Å². The number of benzene rings is 1. The maximum Gasteiger partial charge on any atom is 0.352 e. The summed E-state index contributed by atoms with van der Waals surface area (Å²) in [6.45, 7) is 0.222. The van der Waals surface area contributed by atoms with Crippen LogP contribution in [0.15, 0.2) is 47.4 Å². The third-order valence-electron chi connectivity index (χ3n) is 3.86. The van der Waals surface area contributed by atoms with Gasteiger partial charge < -0.3 is 15.2 Å². The lowest BCUT2D eigenvalue weighted by Crippen LogP contribution is -2.25. The predicted octanol–water partition coefficient (Wildman–Crippen LogP) is 2.12. The molecule has 0 spiro atoms. The van der Waals surface area contributed by atoms with Crippen molar-refractivity contribution in [2.75, 3.05) is 13.3 Å². The molecule has 1 aliphatic rings. The Morgan fingerprint density at radius 2 is 2.19 bits per heavy atom. The van der Waals surface area contributed by atoms with Gasteiger partial charge in [-0.15, -0.1) is 12.4 Å². The second kappa shape index (κ2) is 7.91. The Morgan fingerprint density at radius 1 is 1.37 bits per heavy atom. The van der Waals surface area contributed by atoms with Crippen LogP contribution in [0.1, 0.15) is 0 Å². The Balaban J connectivity index is 0.00000210. The summed E-state index contributed by atoms with van der Waals surface area (Å²) in [7, 11) is 0. The van der Waals surface area contributed by atoms with E-state index in [9.17, 15) is 9.18 Å². The van der Waals surface area contributed by atoms with Crippen LogP contribution in [0, 0.1) is 0 Å². The van der Waals surface area contributed by atoms with E-state index in [4.69, 9.17) is 15.2 Å². The fraction of sp³-hybridized carbons (Fsp3) is 0.188. The van der Waals surface area contributed by atoms with Crippen molar-refractivity contribution in [3.8, 4) is 27.1 Å². The number of ether oxygens (including phenoxy) is 2. The fourth-order valence-corrected chi connectivity index (χ4v) is 3.35. The van der Waals surface area contributed by atoms with Gasteiger partial charge in [0.15, 0.2) is 16.6 Å². The molecule has 1 aromatic carbocycles. The summed E-state index contributed by atoms with van der Waals surface area (Å²) in [6.07, 6.45) is 3.43. The third-order valence-corrected chi connectivity index (χ3v) is 4.91. The lowest BCUT2D eigenvalue weighted by atomic mass is 10.2. The summed E-state index contributed by atoms with van der Waals surface area (Å²) < 4.78 is 25.8. The SMILES string of the molecule is Cl.NC/C(=C/F)Cn1ncn(-c2ncc(-c3ccc4c(c3)OCO4)s2)c1=O. The van der Waals surface area contributed by atoms with E-state index in [0.29, 0.717) is 23.0 Å². The first-order valence-corrected chi connectivity index (χ1v) is 8.50. The zero-order valence-electron chi connectivity index (χ0n) is 13.9. The molecule has 11 heteroatoms. The molecule has 0 aliphatic carbocycles. The van der Waals surface area contributed by atoms with Gasteiger partial charge in [-0.1, -0.05) is 11.3 Å². The van der Waals surface area contributed by atoms with Crippen molar-refractivity contribution < 1.29 is 13.9 Å². The van der Waals surface area contributed by atoms with Crippen LogP contribution in [-0.4, -0.2) is 32.7 Å². The molecule has 4 rings (SSSR count). The predicted molar refractivity (Wildman–Crippen MR) is 101 cm³/mol. The van der Waals surface area contributed by atoms with Crippen LogP contribution in [-0.2, 0) is 6.54 Å². The molecule has 0 unspecified atom stereocenters. The van der Waals surface area contributed by atoms with Gasteiger partial charge in [-0.05, 0) is 29.3 Å². The minimum absolute atomic E-state index is 0. The minimum atomic E-state index is -0.413. The van der Waals surface area contributed by atoms with Gasteiger partial charge in [0.2, 0.25) is 6.79 Å². The highest BCUT2D eigenvalue weighted by molar-refractivity contribution is 7.17. The van der Waals surface area contributed by atoms with E-state index in [-0.39, 0.29) is 37.9 Å². The Kier molecular flexibility index (Phi) is 5.59. The van der Waals surface area contributed by atoms with Crippen LogP contribution >= 0.6 is 23.7 Å². The molecule has 0 saturated carbocycles. The molecule has 0 amide bonds. The van der Waals surface area contributed by atoms with Gasteiger partial charge in [-0.2, -0.15) is 5.10 Å². The van der Waals surface area contributed by atoms with Crippen LogP contribution in [0.2, 0.25) is 0 Å². The van der Waals surface area contributed by atoms with Gasteiger partial charge in [-0.25, -0.2) is 23.4 Å². The first kappa shape index (κ1) is 19.1. The Hall–Kier alpha value is -2.69. The summed E-state index contributed by atoms with van der Waals surface area (Å²) in [6, 6.07) is 5.60. The summed E-state index contributed by atoms with van der Waals surface area (Å²) in [5.74, 6) is 1.38. The van der Waals surface area contributed by atoms with E-state index < -0.39 is 5.69 Å². The fourth-order valence-electron chi connectivity index (χ4n) is 2.47. The number of thiazole rings is 1. The number of nitrogens with two attached hydrogens (primary N) is 1. The first-order chi connectivity index (χ1) is 12.7. The van der Waals surface area contributed by atoms with Crippen LogP contribution in [0.3, 0.4) is 0 Å². The molecule has 0 radical (unpaired) electrons. The Bertz CT molecular complexity index is 1040. The van der Waals surface area contributed by atoms with Gasteiger partial charge in [0, 0.05) is 12.7 Å². The Labute approximate surface area is 163 Å². The van der Waals surface area contributed by atoms with Crippen LogP contribution < -0.4 is 20.9 Å². The van der Waals surface area contributed by atoms with Crippen molar-refractivity contribution in [2.24, 2.45) is 5.73 Å². The monoisotopic (exact) mass is 411 g/mol. The first-order valence-electron chi connectivity index (χ1n) is 7.68. The molecule has 27 heavy (non-hydrogen) atoms. The van der Waals surface area contributed by atoms with Crippen molar-refractivity contribution in [2.45, 2.75) is 6.54 Å². The largest absolute Gasteiger partial charge is 0.454 e. The van der Waals surface area contributed by atoms with Crippen molar-refractivity contribution in [3.05, 3.63) is 53.1 Å². The smallest absolute Gasteiger partial charge is 0.352 e. The van der Waals surface area contributed by atoms with Crippen molar-refractivity contribution in [3.63, 3.8) is 0 Å². The summed E-state index contributed by atoms with van der Waals surface area (Å²) in [5.41, 5.74) is 6.19. The van der Waals surface area contributed by atoms with Crippen molar-refractivity contribution >= 4 is 23.7 Å². The quantitative estimate of drug-likeness (QED) is 0.690. The van der Waals surface area contributed by atoms with Crippen LogP contribution in [0.5, 0.6) is 11.5 Å². The van der Waals surface area contributed by atoms with Gasteiger partial charge in [0.1, 0.15) is 6.33 Å². The highest BCUT2D eigenvalue weighted by atomic mass is 35.5. The average Bonchev–Trinajstić information content (AvgIpc) is 3.39. The molecule has 0 fully saturated rings. The van der Waals surface area contributed by atoms with E-state index in [0.717, 1.165) is 15.1 Å². The normalized spacial score (nSPS) is 12.9. The zero-order valence-corrected chi connectivity index (χ0v) is 15.5. The number of nitrogens with zero attached hydrogens (tertiary/aromatic N) is 4. The van der Waals surface area contributed by atoms with Crippen molar-refractivity contribution in [1.29, 1.82) is 0 Å². The van der Waals surface area contributed by atoms with E-state index >= 15 is 0 Å². The molecule has 0 bridgehead atoms. The van der Waals surface area contributed by atoms with Crippen LogP contribution in [0.4, 0.5) is 4.39 Å². The minimum Gasteiger partial charge on any atom is -0.454 e. The summed E-state index contributed by atoms with van der Waals surface area (Å²) in [4.78, 5) is 17.6. The maximum atomic E-state index is 12.7. The molecule has 3 heterocycles. The summed E-state index contributed by atoms with van der Waals surface area (Å²) in [5, 5.41) is 4.46. The maximum absolute atomic E-state index is 12.7. The van der Waals surface area contributed by atoms with Crippen LogP contribution in [0.25, 0.3) is 15.6 Å². The molecule has 1 aliphatic heterocycles. The number of fused-ring (bicyclic) bond motifs is 1. The number of hydrogen-bond acceptors (Lipinski definition) is 7. The molecular weight excluding hydrogens is 397 g/mol. The Morgan fingerprint density at radius 3 is 2.96 bits per heavy atom. The van der Waals surface area contributed by atoms with Gasteiger partial charge in [0.25, 0.3) is 0 Å². The number of hydrogen-bond donors (Lipinski definition) is 1. The molecule has 0 saturated heterocycles. The molecule has 2 N–H and O–H groups in total. The average molecular weight is 412 g/mol. The number of rotatable bonds is 5. The van der Waals surface area contributed by atoms with Gasteiger partial charge >= 0.3 is 5.69 Å². The topological polar surface area (TPSA) is 97.2 Å². The van der Waals surface area contributed by atoms with Gasteiger partial charge in [0.05, 0.1) is 17.8 Å². The molecule has 2 aromatic heterocycles. The highest BCUT2D eigenvalue weighted by Crippen LogP contribution is 2.37. The van der Waals surface area contributed by atoms with E-state index in [1.165, 1.54) is 22.2 Å². The lowest BCUT2D eigenvalue weighted by molar-refractivity contribution is 0.174. The zero-order chi connectivity index (χ0) is 18.1. The number of aromatic nitrogens is 4. The molecular formula is C16H15ClFN5O3S. The van der Waals surface area contributed by atoms with E-state index in [2.05, 4.69) is 10.1 Å². The molecule has 3 aromatic rings. The summed E-state index contributed by atoms with van der Waals surface area (Å²) >= 11 is 1.33. The van der Waals surface area contributed by atoms with Crippen molar-refractivity contribution in [1.82, 2.24) is 19.3 Å². The number of halogens is 2. The third kappa shape index (κ3) is 3.59. The molecule has 0 atom stereocenters. The van der Waals surface area contributed by atoms with E-state index in [1.807, 2.05) is 18.2 Å². The second-order valence-corrected chi connectivity index (χ2v) is 6.50.